The van der Waals surface area contributed by atoms with Crippen molar-refractivity contribution in [3.05, 3.63) is 64.2 Å². The number of rotatable bonds is 7. The van der Waals surface area contributed by atoms with Crippen molar-refractivity contribution in [3.8, 4) is 11.5 Å². The van der Waals surface area contributed by atoms with E-state index in [9.17, 15) is 19.7 Å². The standard InChI is InChI=1S/C19H16N4O5S/c1-11(24)13-6-8-15(9-7-13)20-17(25)12(2)29-19-22-21-18(28-19)14-4-3-5-16(10-14)23(26)27/h3-10,12H,1-2H3,(H,20,25). The molecule has 0 aliphatic carbocycles. The number of carbonyl (C=O) groups is 2. The number of thioether (sulfide) groups is 1. The first-order valence-electron chi connectivity index (χ1n) is 8.50. The van der Waals surface area contributed by atoms with Crippen molar-refractivity contribution in [2.24, 2.45) is 0 Å². The summed E-state index contributed by atoms with van der Waals surface area (Å²) in [5, 5.41) is 21.0. The molecule has 1 unspecified atom stereocenters. The Hall–Kier alpha value is -3.53. The number of nitro groups is 1. The normalized spacial score (nSPS) is 11.7. The Morgan fingerprint density at radius 1 is 1.17 bits per heavy atom. The molecule has 0 aliphatic heterocycles. The van der Waals surface area contributed by atoms with Gasteiger partial charge < -0.3 is 9.73 Å². The number of nitro benzene ring substituents is 1. The molecule has 0 spiro atoms. The van der Waals surface area contributed by atoms with Gasteiger partial charge in [-0.25, -0.2) is 0 Å². The highest BCUT2D eigenvalue weighted by molar-refractivity contribution is 8.00. The quantitative estimate of drug-likeness (QED) is 0.267. The van der Waals surface area contributed by atoms with Crippen molar-refractivity contribution >= 4 is 34.8 Å². The lowest BCUT2D eigenvalue weighted by atomic mass is 10.1. The molecule has 10 heteroatoms. The molecule has 148 valence electrons. The Morgan fingerprint density at radius 3 is 2.55 bits per heavy atom. The number of Topliss-reactive ketones (excluding diaryl/α,β-unsaturated/α-hetero) is 1. The summed E-state index contributed by atoms with van der Waals surface area (Å²) in [7, 11) is 0. The monoisotopic (exact) mass is 412 g/mol. The molecule has 0 bridgehead atoms. The number of nitrogens with zero attached hydrogens (tertiary/aromatic N) is 3. The molecule has 1 amide bonds. The number of nitrogens with one attached hydrogen (secondary N) is 1. The smallest absolute Gasteiger partial charge is 0.277 e. The molecule has 9 nitrogen and oxygen atoms in total. The van der Waals surface area contributed by atoms with Crippen molar-refractivity contribution in [3.63, 3.8) is 0 Å². The molecule has 0 saturated heterocycles. The van der Waals surface area contributed by atoms with Gasteiger partial charge in [0, 0.05) is 28.9 Å². The lowest BCUT2D eigenvalue weighted by molar-refractivity contribution is -0.384. The van der Waals surface area contributed by atoms with E-state index in [0.717, 1.165) is 11.8 Å². The van der Waals surface area contributed by atoms with Gasteiger partial charge >= 0.3 is 0 Å². The molecule has 1 heterocycles. The van der Waals surface area contributed by atoms with Gasteiger partial charge in [-0.15, -0.1) is 10.2 Å². The molecule has 0 aliphatic rings. The third kappa shape index (κ3) is 5.05. The Morgan fingerprint density at radius 2 is 1.90 bits per heavy atom. The summed E-state index contributed by atoms with van der Waals surface area (Å²) in [4.78, 5) is 34.0. The molecule has 2 aromatic carbocycles. The van der Waals surface area contributed by atoms with Crippen LogP contribution in [-0.4, -0.2) is 32.1 Å². The molecule has 1 aromatic heterocycles. The number of benzene rings is 2. The second-order valence-corrected chi connectivity index (χ2v) is 7.36. The van der Waals surface area contributed by atoms with Crippen molar-refractivity contribution in [2.75, 3.05) is 5.32 Å². The number of amides is 1. The van der Waals surface area contributed by atoms with Crippen LogP contribution < -0.4 is 5.32 Å². The van der Waals surface area contributed by atoms with Crippen LogP contribution in [0.15, 0.2) is 58.2 Å². The van der Waals surface area contributed by atoms with E-state index in [0.29, 0.717) is 16.8 Å². The first-order valence-corrected chi connectivity index (χ1v) is 9.38. The second kappa shape index (κ2) is 8.65. The molecule has 0 saturated carbocycles. The van der Waals surface area contributed by atoms with E-state index in [1.165, 1.54) is 25.1 Å². The van der Waals surface area contributed by atoms with Gasteiger partial charge in [-0.3, -0.25) is 19.7 Å². The van der Waals surface area contributed by atoms with Gasteiger partial charge in [-0.2, -0.15) is 0 Å². The van der Waals surface area contributed by atoms with Crippen LogP contribution in [0.2, 0.25) is 0 Å². The van der Waals surface area contributed by atoms with Crippen LogP contribution in [0.1, 0.15) is 24.2 Å². The fraction of sp³-hybridized carbons (Fsp3) is 0.158. The minimum atomic E-state index is -0.541. The number of anilines is 1. The highest BCUT2D eigenvalue weighted by atomic mass is 32.2. The minimum Gasteiger partial charge on any atom is -0.411 e. The van der Waals surface area contributed by atoms with Crippen molar-refractivity contribution in [1.82, 2.24) is 10.2 Å². The third-order valence-electron chi connectivity index (χ3n) is 3.92. The number of hydrogen-bond donors (Lipinski definition) is 1. The van der Waals surface area contributed by atoms with E-state index in [2.05, 4.69) is 15.5 Å². The molecule has 0 radical (unpaired) electrons. The second-order valence-electron chi connectivity index (χ2n) is 6.06. The maximum atomic E-state index is 12.4. The Labute approximate surface area is 169 Å². The first-order chi connectivity index (χ1) is 13.8. The Balaban J connectivity index is 1.64. The largest absolute Gasteiger partial charge is 0.411 e. The average molecular weight is 412 g/mol. The summed E-state index contributed by atoms with van der Waals surface area (Å²) in [6.07, 6.45) is 0. The molecular weight excluding hydrogens is 396 g/mol. The van der Waals surface area contributed by atoms with Gasteiger partial charge in [0.05, 0.1) is 10.2 Å². The van der Waals surface area contributed by atoms with E-state index in [-0.39, 0.29) is 28.5 Å². The van der Waals surface area contributed by atoms with E-state index in [1.54, 1.807) is 37.3 Å². The molecular formula is C19H16N4O5S. The van der Waals surface area contributed by atoms with Gasteiger partial charge in [-0.05, 0) is 44.2 Å². The Kier molecular flexibility index (Phi) is 6.03. The van der Waals surface area contributed by atoms with Crippen LogP contribution in [0.4, 0.5) is 11.4 Å². The van der Waals surface area contributed by atoms with Gasteiger partial charge in [0.1, 0.15) is 0 Å². The number of non-ortho nitro benzene ring substituents is 1. The number of hydrogen-bond acceptors (Lipinski definition) is 8. The van der Waals surface area contributed by atoms with Crippen LogP contribution >= 0.6 is 11.8 Å². The molecule has 3 rings (SSSR count). The van der Waals surface area contributed by atoms with Crippen molar-refractivity contribution in [1.29, 1.82) is 0 Å². The SMILES string of the molecule is CC(=O)c1ccc(NC(=O)C(C)Sc2nnc(-c3cccc([N+](=O)[O-])c3)o2)cc1. The van der Waals surface area contributed by atoms with Crippen LogP contribution in [0.3, 0.4) is 0 Å². The van der Waals surface area contributed by atoms with Crippen LogP contribution in [0.25, 0.3) is 11.5 Å². The summed E-state index contributed by atoms with van der Waals surface area (Å²) in [6, 6.07) is 12.4. The van der Waals surface area contributed by atoms with Gasteiger partial charge in [-0.1, -0.05) is 17.8 Å². The summed E-state index contributed by atoms with van der Waals surface area (Å²) < 4.78 is 5.52. The van der Waals surface area contributed by atoms with Crippen molar-refractivity contribution < 1.29 is 18.9 Å². The molecule has 3 aromatic rings. The maximum absolute atomic E-state index is 12.4. The molecule has 0 fully saturated rings. The predicted octanol–water partition coefficient (Wildman–Crippen LogP) is 3.97. The van der Waals surface area contributed by atoms with Crippen LogP contribution in [-0.2, 0) is 4.79 Å². The Bertz CT molecular complexity index is 1060. The van der Waals surface area contributed by atoms with Gasteiger partial charge in [0.2, 0.25) is 11.8 Å². The minimum absolute atomic E-state index is 0.0530. The molecule has 1 atom stereocenters. The van der Waals surface area contributed by atoms with E-state index in [4.69, 9.17) is 4.42 Å². The highest BCUT2D eigenvalue weighted by Crippen LogP contribution is 2.28. The first kappa shape index (κ1) is 20.2. The van der Waals surface area contributed by atoms with Crippen LogP contribution in [0.5, 0.6) is 0 Å². The topological polar surface area (TPSA) is 128 Å². The van der Waals surface area contributed by atoms with E-state index in [1.807, 2.05) is 0 Å². The zero-order valence-electron chi connectivity index (χ0n) is 15.5. The molecule has 1 N–H and O–H groups in total. The molecule has 29 heavy (non-hydrogen) atoms. The summed E-state index contributed by atoms with van der Waals surface area (Å²) >= 11 is 1.06. The number of aromatic nitrogens is 2. The van der Waals surface area contributed by atoms with Gasteiger partial charge in [0.25, 0.3) is 10.9 Å². The number of carbonyl (C=O) groups excluding carboxylic acids is 2. The van der Waals surface area contributed by atoms with Crippen molar-refractivity contribution in [2.45, 2.75) is 24.3 Å². The number of ketones is 1. The summed E-state index contributed by atoms with van der Waals surface area (Å²) in [5.41, 5.74) is 1.46. The predicted molar refractivity (Wildman–Crippen MR) is 107 cm³/mol. The maximum Gasteiger partial charge on any atom is 0.277 e. The van der Waals surface area contributed by atoms with E-state index >= 15 is 0 Å². The lowest BCUT2D eigenvalue weighted by Crippen LogP contribution is -2.22. The lowest BCUT2D eigenvalue weighted by Gasteiger charge is -2.10. The van der Waals surface area contributed by atoms with Gasteiger partial charge in [0.15, 0.2) is 5.78 Å². The fourth-order valence-corrected chi connectivity index (χ4v) is 3.05. The summed E-state index contributed by atoms with van der Waals surface area (Å²) in [5.74, 6) is -0.202. The fourth-order valence-electron chi connectivity index (χ4n) is 2.36. The summed E-state index contributed by atoms with van der Waals surface area (Å²) in [6.45, 7) is 3.15. The highest BCUT2D eigenvalue weighted by Gasteiger charge is 2.19. The van der Waals surface area contributed by atoms with E-state index < -0.39 is 10.2 Å². The zero-order chi connectivity index (χ0) is 21.0. The van der Waals surface area contributed by atoms with Crippen LogP contribution in [0, 0.1) is 10.1 Å². The zero-order valence-corrected chi connectivity index (χ0v) is 16.3. The third-order valence-corrected chi connectivity index (χ3v) is 4.85. The average Bonchev–Trinajstić information content (AvgIpc) is 3.17.